The molecule has 0 saturated carbocycles. The molecule has 0 saturated heterocycles. The monoisotopic (exact) mass is 506 g/mol. The Kier molecular flexibility index (Phi) is 12.6. The van der Waals surface area contributed by atoms with E-state index in [4.69, 9.17) is 10.8 Å². The van der Waals surface area contributed by atoms with Crippen LogP contribution in [0.1, 0.15) is 52.5 Å². The van der Waals surface area contributed by atoms with Crippen molar-refractivity contribution in [1.29, 1.82) is 0 Å². The molecule has 1 aromatic rings. The molecule has 7 N–H and O–H groups in total. The van der Waals surface area contributed by atoms with Crippen molar-refractivity contribution in [3.8, 4) is 0 Å². The van der Waals surface area contributed by atoms with Crippen LogP contribution in [-0.4, -0.2) is 64.0 Å². The van der Waals surface area contributed by atoms with Crippen LogP contribution in [-0.2, 0) is 30.4 Å². The third kappa shape index (κ3) is 10.0. The Morgan fingerprint density at radius 3 is 1.92 bits per heavy atom. The summed E-state index contributed by atoms with van der Waals surface area (Å²) >= 11 is 0. The highest BCUT2D eigenvalue weighted by atomic mass is 16.4. The van der Waals surface area contributed by atoms with Gasteiger partial charge < -0.3 is 31.9 Å². The van der Waals surface area contributed by atoms with Gasteiger partial charge in [-0.2, -0.15) is 0 Å². The number of nitrogens with two attached hydrogens (primary N) is 1. The molecule has 11 heteroatoms. The smallest absolute Gasteiger partial charge is 0.326 e. The lowest BCUT2D eigenvalue weighted by atomic mass is 9.95. The predicted molar refractivity (Wildman–Crippen MR) is 133 cm³/mol. The second kappa shape index (κ2) is 14.8. The Bertz CT molecular complexity index is 907. The number of aliphatic carboxylic acids is 2. The van der Waals surface area contributed by atoms with Gasteiger partial charge in [0.15, 0.2) is 0 Å². The minimum absolute atomic E-state index is 0.282. The number of carboxylic acids is 2. The molecule has 1 aromatic carbocycles. The molecule has 36 heavy (non-hydrogen) atoms. The molecule has 0 heterocycles. The summed E-state index contributed by atoms with van der Waals surface area (Å²) < 4.78 is 0. The number of hydrogen-bond donors (Lipinski definition) is 6. The Morgan fingerprint density at radius 2 is 1.42 bits per heavy atom. The highest BCUT2D eigenvalue weighted by molar-refractivity contribution is 5.94. The van der Waals surface area contributed by atoms with E-state index < -0.39 is 60.2 Å². The zero-order valence-corrected chi connectivity index (χ0v) is 21.2. The molecule has 0 fully saturated rings. The molecule has 0 aromatic heterocycles. The molecule has 200 valence electrons. The molecule has 0 bridgehead atoms. The summed E-state index contributed by atoms with van der Waals surface area (Å²) in [6.45, 7) is 6.99. The summed E-state index contributed by atoms with van der Waals surface area (Å²) in [7, 11) is 0. The zero-order chi connectivity index (χ0) is 27.4. The molecule has 1 rings (SSSR count). The quantitative estimate of drug-likeness (QED) is 0.200. The number of amides is 3. The summed E-state index contributed by atoms with van der Waals surface area (Å²) in [6.07, 6.45) is 0.0274. The van der Waals surface area contributed by atoms with Gasteiger partial charge >= 0.3 is 11.9 Å². The third-order valence-corrected chi connectivity index (χ3v) is 5.94. The van der Waals surface area contributed by atoms with Gasteiger partial charge in [-0.3, -0.25) is 19.2 Å². The molecule has 5 unspecified atom stereocenters. The van der Waals surface area contributed by atoms with Gasteiger partial charge in [0, 0.05) is 6.42 Å². The van der Waals surface area contributed by atoms with E-state index in [2.05, 4.69) is 16.0 Å². The fourth-order valence-corrected chi connectivity index (χ4v) is 3.49. The van der Waals surface area contributed by atoms with Gasteiger partial charge in [-0.25, -0.2) is 4.79 Å². The highest BCUT2D eigenvalue weighted by Gasteiger charge is 2.33. The van der Waals surface area contributed by atoms with E-state index in [0.717, 1.165) is 5.56 Å². The van der Waals surface area contributed by atoms with Gasteiger partial charge in [-0.05, 0) is 30.2 Å². The Morgan fingerprint density at radius 1 is 0.861 bits per heavy atom. The normalized spacial score (nSPS) is 15.2. The van der Waals surface area contributed by atoms with Gasteiger partial charge in [0.05, 0.1) is 6.04 Å². The summed E-state index contributed by atoms with van der Waals surface area (Å²) in [5.41, 5.74) is 6.92. The van der Waals surface area contributed by atoms with E-state index in [9.17, 15) is 29.1 Å². The molecule has 0 aliphatic carbocycles. The standard InChI is InChI=1S/C25H38N4O7/c1-5-15(4)21(24(34)27-18(25(35)36)11-12-19(30)31)29-23(33)20(14(2)3)28-22(32)17(26)13-16-9-7-6-8-10-16/h6-10,14-15,17-18,20-21H,5,11-13,26H2,1-4H3,(H,27,34)(H,28,32)(H,29,33)(H,30,31)(H,35,36). The zero-order valence-electron chi connectivity index (χ0n) is 21.2. The molecule has 0 spiro atoms. The Balaban J connectivity index is 2.94. The van der Waals surface area contributed by atoms with Gasteiger partial charge in [-0.15, -0.1) is 0 Å². The van der Waals surface area contributed by atoms with Crippen molar-refractivity contribution in [2.45, 2.75) is 77.5 Å². The minimum atomic E-state index is -1.42. The summed E-state index contributed by atoms with van der Waals surface area (Å²) in [5.74, 6) is -5.14. The first kappa shape index (κ1) is 30.6. The maximum Gasteiger partial charge on any atom is 0.326 e. The fourth-order valence-electron chi connectivity index (χ4n) is 3.49. The molecule has 0 aliphatic rings. The van der Waals surface area contributed by atoms with E-state index in [1.807, 2.05) is 30.3 Å². The van der Waals surface area contributed by atoms with Gasteiger partial charge in [-0.1, -0.05) is 64.4 Å². The summed E-state index contributed by atoms with van der Waals surface area (Å²) in [6, 6.07) is 4.82. The third-order valence-electron chi connectivity index (χ3n) is 5.94. The van der Waals surface area contributed by atoms with E-state index in [1.54, 1.807) is 27.7 Å². The summed E-state index contributed by atoms with van der Waals surface area (Å²) in [5, 5.41) is 25.8. The maximum atomic E-state index is 13.1. The van der Waals surface area contributed by atoms with Gasteiger partial charge in [0.1, 0.15) is 18.1 Å². The number of carboxylic acid groups (broad SMARTS) is 2. The topological polar surface area (TPSA) is 188 Å². The van der Waals surface area contributed by atoms with Crippen LogP contribution >= 0.6 is 0 Å². The lowest BCUT2D eigenvalue weighted by Gasteiger charge is -2.29. The van der Waals surface area contributed by atoms with Crippen LogP contribution in [0.25, 0.3) is 0 Å². The van der Waals surface area contributed by atoms with Crippen molar-refractivity contribution in [3.05, 3.63) is 35.9 Å². The first-order chi connectivity index (χ1) is 16.9. The van der Waals surface area contributed by atoms with Crippen molar-refractivity contribution in [1.82, 2.24) is 16.0 Å². The molecule has 0 radical (unpaired) electrons. The fraction of sp³-hybridized carbons (Fsp3) is 0.560. The van der Waals surface area contributed by atoms with Gasteiger partial charge in [0.25, 0.3) is 0 Å². The molecule has 5 atom stereocenters. The Labute approximate surface area is 211 Å². The molecule has 11 nitrogen and oxygen atoms in total. The van der Waals surface area contributed by atoms with Crippen LogP contribution < -0.4 is 21.7 Å². The largest absolute Gasteiger partial charge is 0.481 e. The van der Waals surface area contributed by atoms with Crippen molar-refractivity contribution in [2.75, 3.05) is 0 Å². The lowest BCUT2D eigenvalue weighted by Crippen LogP contribution is -2.59. The number of hydrogen-bond acceptors (Lipinski definition) is 6. The summed E-state index contributed by atoms with van der Waals surface area (Å²) in [4.78, 5) is 61.1. The molecule has 3 amide bonds. The van der Waals surface area contributed by atoms with Crippen LogP contribution in [0.3, 0.4) is 0 Å². The average molecular weight is 507 g/mol. The van der Waals surface area contributed by atoms with Crippen LogP contribution in [0, 0.1) is 11.8 Å². The van der Waals surface area contributed by atoms with Crippen LogP contribution in [0.2, 0.25) is 0 Å². The van der Waals surface area contributed by atoms with E-state index in [0.29, 0.717) is 6.42 Å². The Hall–Kier alpha value is -3.47. The number of benzene rings is 1. The number of carbonyl (C=O) groups excluding carboxylic acids is 3. The average Bonchev–Trinajstić information content (AvgIpc) is 2.82. The highest BCUT2D eigenvalue weighted by Crippen LogP contribution is 2.12. The van der Waals surface area contributed by atoms with Crippen LogP contribution in [0.5, 0.6) is 0 Å². The second-order valence-corrected chi connectivity index (χ2v) is 9.23. The van der Waals surface area contributed by atoms with Crippen LogP contribution in [0.4, 0.5) is 0 Å². The lowest BCUT2D eigenvalue weighted by molar-refractivity contribution is -0.143. The molecular formula is C25H38N4O7. The van der Waals surface area contributed by atoms with E-state index in [-0.39, 0.29) is 24.7 Å². The number of rotatable bonds is 15. The second-order valence-electron chi connectivity index (χ2n) is 9.23. The van der Waals surface area contributed by atoms with Crippen LogP contribution in [0.15, 0.2) is 30.3 Å². The number of nitrogens with one attached hydrogen (secondary N) is 3. The minimum Gasteiger partial charge on any atom is -0.481 e. The first-order valence-corrected chi connectivity index (χ1v) is 12.0. The van der Waals surface area contributed by atoms with Crippen molar-refractivity contribution in [3.63, 3.8) is 0 Å². The van der Waals surface area contributed by atoms with E-state index >= 15 is 0 Å². The SMILES string of the molecule is CCC(C)C(NC(=O)C(NC(=O)C(N)Cc1ccccc1)C(C)C)C(=O)NC(CCC(=O)O)C(=O)O. The predicted octanol–water partition coefficient (Wildman–Crippen LogP) is 0.662. The van der Waals surface area contributed by atoms with Crippen molar-refractivity contribution >= 4 is 29.7 Å². The maximum absolute atomic E-state index is 13.1. The van der Waals surface area contributed by atoms with Crippen molar-refractivity contribution in [2.24, 2.45) is 17.6 Å². The number of carbonyl (C=O) groups is 5. The van der Waals surface area contributed by atoms with E-state index in [1.165, 1.54) is 0 Å². The van der Waals surface area contributed by atoms with Crippen molar-refractivity contribution < 1.29 is 34.2 Å². The molecule has 0 aliphatic heterocycles. The molecular weight excluding hydrogens is 468 g/mol. The van der Waals surface area contributed by atoms with Gasteiger partial charge in [0.2, 0.25) is 17.7 Å². The first-order valence-electron chi connectivity index (χ1n) is 12.0.